The number of carbonyl (C=O) groups is 3. The van der Waals surface area contributed by atoms with Gasteiger partial charge in [0.1, 0.15) is 5.78 Å². The molecule has 0 aliphatic heterocycles. The lowest BCUT2D eigenvalue weighted by molar-refractivity contribution is -0.137. The van der Waals surface area contributed by atoms with Crippen molar-refractivity contribution in [1.29, 1.82) is 0 Å². The first-order valence-corrected chi connectivity index (χ1v) is 11.6. The molecule has 0 radical (unpaired) electrons. The van der Waals surface area contributed by atoms with Gasteiger partial charge in [0.15, 0.2) is 0 Å². The first-order chi connectivity index (χ1) is 14.8. The molecule has 0 bridgehead atoms. The summed E-state index contributed by atoms with van der Waals surface area (Å²) in [5.41, 5.74) is 0. The fourth-order valence-electron chi connectivity index (χ4n) is 3.78. The zero-order valence-corrected chi connectivity index (χ0v) is 18.7. The number of hydrogen-bond acceptors (Lipinski definition) is 5. The monoisotopic (exact) mass is 437 g/mol. The van der Waals surface area contributed by atoms with Crippen LogP contribution in [-0.4, -0.2) is 51.7 Å². The lowest BCUT2D eigenvalue weighted by Gasteiger charge is -2.16. The third kappa shape index (κ3) is 11.8. The smallest absolute Gasteiger partial charge is 0.303 e. The van der Waals surface area contributed by atoms with E-state index in [1.807, 2.05) is 12.2 Å². The summed E-state index contributed by atoms with van der Waals surface area (Å²) in [5, 5.41) is 31.5. The number of carboxylic acids is 1. The Kier molecular flexibility index (Phi) is 13.7. The lowest BCUT2D eigenvalue weighted by Crippen LogP contribution is -2.24. The van der Waals surface area contributed by atoms with Crippen molar-refractivity contribution in [2.45, 2.75) is 89.8 Å². The third-order valence-corrected chi connectivity index (χ3v) is 5.61. The Morgan fingerprint density at radius 3 is 2.65 bits per heavy atom. The maximum Gasteiger partial charge on any atom is 0.303 e. The number of aliphatic hydroxyl groups excluding tert-OH is 2. The number of amides is 1. The zero-order chi connectivity index (χ0) is 23.1. The van der Waals surface area contributed by atoms with E-state index in [4.69, 9.17) is 5.11 Å². The third-order valence-electron chi connectivity index (χ3n) is 5.61. The summed E-state index contributed by atoms with van der Waals surface area (Å²) in [6.07, 6.45) is 12.9. The molecule has 7 nitrogen and oxygen atoms in total. The van der Waals surface area contributed by atoms with Crippen molar-refractivity contribution in [3.63, 3.8) is 0 Å². The molecule has 0 unspecified atom stereocenters. The van der Waals surface area contributed by atoms with Crippen LogP contribution in [0.5, 0.6) is 0 Å². The van der Waals surface area contributed by atoms with Gasteiger partial charge < -0.3 is 20.6 Å². The standard InChI is InChI=1S/C24H39NO6/c1-2-3-6-10-18(26)14-15-20-19(21(27)17-22(20)28)11-7-4-5-8-12-23(29)25-16-9-13-24(30)31/h4,7,14-15,18-20,22,26,28H,2-3,5-6,8-13,16-17H2,1H3,(H,25,29)(H,30,31)/b7-4-,15-14+/t18-,19+,20+,22+/m0/s1. The Morgan fingerprint density at radius 1 is 1.16 bits per heavy atom. The van der Waals surface area contributed by atoms with Crippen molar-refractivity contribution in [2.24, 2.45) is 11.8 Å². The Balaban J connectivity index is 2.32. The van der Waals surface area contributed by atoms with Crippen LogP contribution in [0, 0.1) is 11.8 Å². The second kappa shape index (κ2) is 15.8. The van der Waals surface area contributed by atoms with Gasteiger partial charge in [-0.05, 0) is 32.1 Å². The summed E-state index contributed by atoms with van der Waals surface area (Å²) < 4.78 is 0. The summed E-state index contributed by atoms with van der Waals surface area (Å²) in [7, 11) is 0. The number of rotatable bonds is 16. The molecule has 1 amide bonds. The highest BCUT2D eigenvalue weighted by atomic mass is 16.4. The van der Waals surface area contributed by atoms with E-state index in [-0.39, 0.29) is 36.4 Å². The molecular weight excluding hydrogens is 398 g/mol. The Labute approximate surface area is 185 Å². The number of aliphatic hydroxyl groups is 2. The summed E-state index contributed by atoms with van der Waals surface area (Å²) in [4.78, 5) is 34.3. The summed E-state index contributed by atoms with van der Waals surface area (Å²) in [5.74, 6) is -1.45. The fraction of sp³-hybridized carbons (Fsp3) is 0.708. The molecule has 0 aromatic carbocycles. The van der Waals surface area contributed by atoms with Crippen LogP contribution in [0.3, 0.4) is 0 Å². The average Bonchev–Trinajstić information content (AvgIpc) is 2.98. The van der Waals surface area contributed by atoms with Gasteiger partial charge in [0, 0.05) is 37.6 Å². The van der Waals surface area contributed by atoms with E-state index in [0.29, 0.717) is 45.1 Å². The van der Waals surface area contributed by atoms with Gasteiger partial charge in [-0.3, -0.25) is 14.4 Å². The highest BCUT2D eigenvalue weighted by Crippen LogP contribution is 2.33. The number of Topliss-reactive ketones (excluding diaryl/α,β-unsaturated/α-hetero) is 1. The first kappa shape index (κ1) is 27.0. The van der Waals surface area contributed by atoms with Gasteiger partial charge in [-0.25, -0.2) is 0 Å². The van der Waals surface area contributed by atoms with E-state index in [1.54, 1.807) is 12.2 Å². The lowest BCUT2D eigenvalue weighted by atomic mass is 9.90. The minimum absolute atomic E-state index is 0.0472. The van der Waals surface area contributed by atoms with Gasteiger partial charge in [0.2, 0.25) is 5.91 Å². The number of carboxylic acid groups (broad SMARTS) is 1. The van der Waals surface area contributed by atoms with Crippen molar-refractivity contribution in [2.75, 3.05) is 6.54 Å². The Morgan fingerprint density at radius 2 is 1.94 bits per heavy atom. The van der Waals surface area contributed by atoms with Gasteiger partial charge >= 0.3 is 5.97 Å². The molecular formula is C24H39NO6. The van der Waals surface area contributed by atoms with Crippen LogP contribution in [0.25, 0.3) is 0 Å². The van der Waals surface area contributed by atoms with Crippen LogP contribution in [0.4, 0.5) is 0 Å². The fourth-order valence-corrected chi connectivity index (χ4v) is 3.78. The van der Waals surface area contributed by atoms with Gasteiger partial charge in [0.05, 0.1) is 12.2 Å². The van der Waals surface area contributed by atoms with Crippen LogP contribution in [0.15, 0.2) is 24.3 Å². The minimum Gasteiger partial charge on any atom is -0.481 e. The Hall–Kier alpha value is -1.99. The quantitative estimate of drug-likeness (QED) is 0.217. The largest absolute Gasteiger partial charge is 0.481 e. The summed E-state index contributed by atoms with van der Waals surface area (Å²) >= 11 is 0. The molecule has 1 fully saturated rings. The molecule has 1 aliphatic carbocycles. The van der Waals surface area contributed by atoms with Crippen LogP contribution in [0.1, 0.15) is 77.6 Å². The molecule has 1 saturated carbocycles. The molecule has 0 aromatic rings. The molecule has 0 saturated heterocycles. The second-order valence-electron chi connectivity index (χ2n) is 8.32. The first-order valence-electron chi connectivity index (χ1n) is 11.6. The maximum atomic E-state index is 12.2. The molecule has 31 heavy (non-hydrogen) atoms. The summed E-state index contributed by atoms with van der Waals surface area (Å²) in [6, 6.07) is 0. The normalized spacial score (nSPS) is 22.4. The number of hydrogen-bond donors (Lipinski definition) is 4. The number of nitrogens with one attached hydrogen (secondary N) is 1. The minimum atomic E-state index is -0.867. The summed E-state index contributed by atoms with van der Waals surface area (Å²) in [6.45, 7) is 2.48. The van der Waals surface area contributed by atoms with E-state index < -0.39 is 18.2 Å². The number of ketones is 1. The molecule has 4 atom stereocenters. The molecule has 4 N–H and O–H groups in total. The molecule has 0 heterocycles. The number of allylic oxidation sites excluding steroid dienone is 2. The van der Waals surface area contributed by atoms with Gasteiger partial charge in [-0.1, -0.05) is 50.5 Å². The number of carbonyl (C=O) groups excluding carboxylic acids is 2. The zero-order valence-electron chi connectivity index (χ0n) is 18.7. The van der Waals surface area contributed by atoms with Gasteiger partial charge in [-0.15, -0.1) is 0 Å². The molecule has 1 rings (SSSR count). The van der Waals surface area contributed by atoms with Crippen molar-refractivity contribution < 1.29 is 29.7 Å². The van der Waals surface area contributed by atoms with Crippen LogP contribution in [-0.2, 0) is 14.4 Å². The predicted octanol–water partition coefficient (Wildman–Crippen LogP) is 3.15. The maximum absolute atomic E-state index is 12.2. The second-order valence-corrected chi connectivity index (χ2v) is 8.32. The number of aliphatic carboxylic acids is 1. The Bertz CT molecular complexity index is 615. The highest BCUT2D eigenvalue weighted by Gasteiger charge is 2.39. The van der Waals surface area contributed by atoms with E-state index in [1.165, 1.54) is 0 Å². The molecule has 1 aliphatic rings. The topological polar surface area (TPSA) is 124 Å². The average molecular weight is 438 g/mol. The van der Waals surface area contributed by atoms with Crippen molar-refractivity contribution in [3.05, 3.63) is 24.3 Å². The SMILES string of the molecule is CCCCC[C@H](O)/C=C/[C@H]1[C@H](O)CC(=O)[C@@H]1C/C=C\CCCC(=O)NCCCC(=O)O. The van der Waals surface area contributed by atoms with Crippen molar-refractivity contribution in [1.82, 2.24) is 5.32 Å². The number of unbranched alkanes of at least 4 members (excludes halogenated alkanes) is 3. The van der Waals surface area contributed by atoms with Crippen LogP contribution in [0.2, 0.25) is 0 Å². The van der Waals surface area contributed by atoms with Crippen molar-refractivity contribution in [3.8, 4) is 0 Å². The van der Waals surface area contributed by atoms with Crippen LogP contribution >= 0.6 is 0 Å². The highest BCUT2D eigenvalue weighted by molar-refractivity contribution is 5.84. The molecule has 7 heteroatoms. The van der Waals surface area contributed by atoms with Crippen LogP contribution < -0.4 is 5.32 Å². The van der Waals surface area contributed by atoms with Crippen molar-refractivity contribution >= 4 is 17.7 Å². The van der Waals surface area contributed by atoms with E-state index in [2.05, 4.69) is 12.2 Å². The molecule has 176 valence electrons. The van der Waals surface area contributed by atoms with Gasteiger partial charge in [-0.2, -0.15) is 0 Å². The predicted molar refractivity (Wildman–Crippen MR) is 119 cm³/mol. The van der Waals surface area contributed by atoms with E-state index in [0.717, 1.165) is 19.3 Å². The molecule has 0 spiro atoms. The molecule has 0 aromatic heterocycles. The van der Waals surface area contributed by atoms with E-state index in [9.17, 15) is 24.6 Å². The van der Waals surface area contributed by atoms with Gasteiger partial charge in [0.25, 0.3) is 0 Å². The van der Waals surface area contributed by atoms with E-state index >= 15 is 0 Å².